The van der Waals surface area contributed by atoms with Crippen LogP contribution in [0.2, 0.25) is 0 Å². The van der Waals surface area contributed by atoms with Crippen molar-refractivity contribution in [2.75, 3.05) is 33.7 Å². The molecule has 0 radical (unpaired) electrons. The summed E-state index contributed by atoms with van der Waals surface area (Å²) in [7, 11) is 1.40. The van der Waals surface area contributed by atoms with Crippen molar-refractivity contribution in [1.29, 1.82) is 0 Å². The SMILES string of the molecule is COCCOCOC(CNC(=O)C(F)(F)F)C(F)F. The predicted molar refractivity (Wildman–Crippen MR) is 52.6 cm³/mol. The van der Waals surface area contributed by atoms with Gasteiger partial charge in [-0.25, -0.2) is 8.78 Å². The summed E-state index contributed by atoms with van der Waals surface area (Å²) in [6, 6.07) is 0. The number of nitrogens with one attached hydrogen (secondary N) is 1. The van der Waals surface area contributed by atoms with Crippen molar-refractivity contribution < 1.29 is 41.0 Å². The van der Waals surface area contributed by atoms with Crippen LogP contribution in [0.1, 0.15) is 0 Å². The maximum Gasteiger partial charge on any atom is 0.471 e. The third-order valence-corrected chi connectivity index (χ3v) is 1.80. The number of rotatable bonds is 9. The van der Waals surface area contributed by atoms with Gasteiger partial charge in [0.15, 0.2) is 0 Å². The first-order chi connectivity index (χ1) is 8.79. The van der Waals surface area contributed by atoms with Crippen LogP contribution in [-0.2, 0) is 19.0 Å². The van der Waals surface area contributed by atoms with Crippen LogP contribution in [0.5, 0.6) is 0 Å². The van der Waals surface area contributed by atoms with Gasteiger partial charge in [0.1, 0.15) is 12.9 Å². The van der Waals surface area contributed by atoms with Crippen LogP contribution in [0.25, 0.3) is 0 Å². The minimum Gasteiger partial charge on any atom is -0.382 e. The van der Waals surface area contributed by atoms with Gasteiger partial charge in [-0.2, -0.15) is 13.2 Å². The highest BCUT2D eigenvalue weighted by atomic mass is 19.4. The van der Waals surface area contributed by atoms with Gasteiger partial charge < -0.3 is 19.5 Å². The lowest BCUT2D eigenvalue weighted by molar-refractivity contribution is -0.176. The quantitative estimate of drug-likeness (QED) is 0.391. The van der Waals surface area contributed by atoms with Crippen molar-refractivity contribution >= 4 is 5.91 Å². The molecule has 0 spiro atoms. The minimum absolute atomic E-state index is 0.0847. The van der Waals surface area contributed by atoms with Gasteiger partial charge in [-0.3, -0.25) is 4.79 Å². The highest BCUT2D eigenvalue weighted by Crippen LogP contribution is 2.14. The lowest BCUT2D eigenvalue weighted by Gasteiger charge is -2.18. The van der Waals surface area contributed by atoms with Crippen LogP contribution in [0.3, 0.4) is 0 Å². The third-order valence-electron chi connectivity index (χ3n) is 1.80. The molecule has 0 bridgehead atoms. The highest BCUT2D eigenvalue weighted by Gasteiger charge is 2.39. The zero-order valence-corrected chi connectivity index (χ0v) is 10.0. The van der Waals surface area contributed by atoms with Gasteiger partial charge in [0.2, 0.25) is 0 Å². The molecule has 0 aliphatic rings. The average Bonchev–Trinajstić information content (AvgIpc) is 2.30. The van der Waals surface area contributed by atoms with E-state index in [1.807, 2.05) is 0 Å². The second-order valence-electron chi connectivity index (χ2n) is 3.27. The van der Waals surface area contributed by atoms with Crippen LogP contribution in [-0.4, -0.2) is 58.3 Å². The molecule has 1 atom stereocenters. The monoisotopic (exact) mass is 295 g/mol. The van der Waals surface area contributed by atoms with Crippen molar-refractivity contribution in [1.82, 2.24) is 5.32 Å². The molecule has 19 heavy (non-hydrogen) atoms. The first-order valence-corrected chi connectivity index (χ1v) is 5.10. The van der Waals surface area contributed by atoms with Gasteiger partial charge >= 0.3 is 12.1 Å². The van der Waals surface area contributed by atoms with E-state index in [-0.39, 0.29) is 13.2 Å². The summed E-state index contributed by atoms with van der Waals surface area (Å²) >= 11 is 0. The molecule has 0 aliphatic heterocycles. The molecule has 1 unspecified atom stereocenters. The molecule has 114 valence electrons. The number of carbonyl (C=O) groups excluding carboxylic acids is 1. The molecule has 10 heteroatoms. The maximum absolute atomic E-state index is 12.4. The number of alkyl halides is 5. The molecule has 0 aromatic carbocycles. The lowest BCUT2D eigenvalue weighted by Crippen LogP contribution is -2.43. The summed E-state index contributed by atoms with van der Waals surface area (Å²) in [5, 5.41) is 1.31. The molecule has 0 rings (SSSR count). The second-order valence-corrected chi connectivity index (χ2v) is 3.27. The maximum atomic E-state index is 12.4. The molecule has 0 saturated carbocycles. The zero-order chi connectivity index (χ0) is 14.9. The molecule has 5 nitrogen and oxygen atoms in total. The second kappa shape index (κ2) is 8.99. The van der Waals surface area contributed by atoms with E-state index >= 15 is 0 Å². The Bertz CT molecular complexity index is 261. The fraction of sp³-hybridized carbons (Fsp3) is 0.889. The van der Waals surface area contributed by atoms with E-state index in [2.05, 4.69) is 9.47 Å². The largest absolute Gasteiger partial charge is 0.471 e. The van der Waals surface area contributed by atoms with Crippen molar-refractivity contribution in [3.63, 3.8) is 0 Å². The Balaban J connectivity index is 3.96. The Morgan fingerprint density at radius 3 is 2.37 bits per heavy atom. The summed E-state index contributed by atoms with van der Waals surface area (Å²) in [5.74, 6) is -2.30. The Labute approximate surface area is 106 Å². The number of carbonyl (C=O) groups is 1. The van der Waals surface area contributed by atoms with E-state index in [1.165, 1.54) is 12.4 Å². The topological polar surface area (TPSA) is 56.8 Å². The number of halogens is 5. The highest BCUT2D eigenvalue weighted by molar-refractivity contribution is 5.81. The van der Waals surface area contributed by atoms with Crippen LogP contribution < -0.4 is 5.32 Å². The molecule has 1 amide bonds. The predicted octanol–water partition coefficient (Wildman–Crippen LogP) is 0.936. The molecule has 0 heterocycles. The molecular weight excluding hydrogens is 281 g/mol. The molecule has 1 N–H and O–H groups in total. The standard InChI is InChI=1S/C9H14F5NO4/c1-17-2-3-18-5-19-6(7(10)11)4-15-8(16)9(12,13)14/h6-7H,2-5H2,1H3,(H,15,16). The van der Waals surface area contributed by atoms with Crippen molar-refractivity contribution in [2.45, 2.75) is 18.7 Å². The summed E-state index contributed by atoms with van der Waals surface area (Å²) in [6.45, 7) is -1.21. The van der Waals surface area contributed by atoms with E-state index in [0.29, 0.717) is 0 Å². The van der Waals surface area contributed by atoms with E-state index in [9.17, 15) is 26.7 Å². The molecule has 0 fully saturated rings. The van der Waals surface area contributed by atoms with Crippen LogP contribution in [0.4, 0.5) is 22.0 Å². The summed E-state index contributed by atoms with van der Waals surface area (Å²) < 4.78 is 74.0. The van der Waals surface area contributed by atoms with Crippen LogP contribution in [0, 0.1) is 0 Å². The molecular formula is C9H14F5NO4. The number of methoxy groups -OCH3 is 1. The molecule has 0 aliphatic carbocycles. The lowest BCUT2D eigenvalue weighted by atomic mass is 10.3. The summed E-state index contributed by atoms with van der Waals surface area (Å²) in [6.07, 6.45) is -10.1. The van der Waals surface area contributed by atoms with Crippen molar-refractivity contribution in [3.8, 4) is 0 Å². The van der Waals surface area contributed by atoms with Crippen molar-refractivity contribution in [2.24, 2.45) is 0 Å². The van der Waals surface area contributed by atoms with Gasteiger partial charge in [-0.15, -0.1) is 0 Å². The number of hydrogen-bond donors (Lipinski definition) is 1. The Kier molecular flexibility index (Phi) is 8.52. The van der Waals surface area contributed by atoms with Gasteiger partial charge in [-0.1, -0.05) is 0 Å². The summed E-state index contributed by atoms with van der Waals surface area (Å²) in [4.78, 5) is 10.4. The third kappa shape index (κ3) is 8.67. The van der Waals surface area contributed by atoms with Gasteiger partial charge in [0.25, 0.3) is 6.43 Å². The molecule has 0 saturated heterocycles. The average molecular weight is 295 g/mol. The first-order valence-electron chi connectivity index (χ1n) is 5.10. The number of ether oxygens (including phenoxy) is 3. The van der Waals surface area contributed by atoms with Crippen LogP contribution in [0.15, 0.2) is 0 Å². The number of hydrogen-bond acceptors (Lipinski definition) is 4. The normalized spacial score (nSPS) is 13.6. The number of amides is 1. The fourth-order valence-corrected chi connectivity index (χ4v) is 0.851. The van der Waals surface area contributed by atoms with E-state index in [1.54, 1.807) is 0 Å². The fourth-order valence-electron chi connectivity index (χ4n) is 0.851. The summed E-state index contributed by atoms with van der Waals surface area (Å²) in [5.41, 5.74) is 0. The Morgan fingerprint density at radius 1 is 1.26 bits per heavy atom. The van der Waals surface area contributed by atoms with Crippen molar-refractivity contribution in [3.05, 3.63) is 0 Å². The van der Waals surface area contributed by atoms with E-state index in [4.69, 9.17) is 4.74 Å². The minimum atomic E-state index is -5.12. The van der Waals surface area contributed by atoms with Gasteiger partial charge in [0.05, 0.1) is 13.2 Å². The Hall–Kier alpha value is -1.00. The molecule has 0 aromatic rings. The van der Waals surface area contributed by atoms with E-state index < -0.39 is 38.0 Å². The smallest absolute Gasteiger partial charge is 0.382 e. The van der Waals surface area contributed by atoms with Gasteiger partial charge in [0, 0.05) is 13.7 Å². The molecule has 0 aromatic heterocycles. The Morgan fingerprint density at radius 2 is 1.89 bits per heavy atom. The van der Waals surface area contributed by atoms with E-state index in [0.717, 1.165) is 0 Å². The zero-order valence-electron chi connectivity index (χ0n) is 10.0. The first kappa shape index (κ1) is 18.0. The van der Waals surface area contributed by atoms with Crippen LogP contribution >= 0.6 is 0 Å². The van der Waals surface area contributed by atoms with Gasteiger partial charge in [-0.05, 0) is 0 Å².